The quantitative estimate of drug-likeness (QED) is 0.707. The van der Waals surface area contributed by atoms with E-state index in [-0.39, 0.29) is 5.82 Å². The SMILES string of the molecule is Cc1c(Cl)cccc1Nc1nc2ccc(F)cc2s1. The van der Waals surface area contributed by atoms with Crippen LogP contribution in [-0.2, 0) is 0 Å². The molecule has 0 aliphatic heterocycles. The predicted molar refractivity (Wildman–Crippen MR) is 79.0 cm³/mol. The van der Waals surface area contributed by atoms with Gasteiger partial charge in [0, 0.05) is 10.7 Å². The Hall–Kier alpha value is -1.65. The molecule has 96 valence electrons. The number of nitrogens with one attached hydrogen (secondary N) is 1. The van der Waals surface area contributed by atoms with Crippen LogP contribution in [0.15, 0.2) is 36.4 Å². The highest BCUT2D eigenvalue weighted by Gasteiger charge is 2.07. The summed E-state index contributed by atoms with van der Waals surface area (Å²) in [7, 11) is 0. The van der Waals surface area contributed by atoms with Crippen LogP contribution in [0.1, 0.15) is 5.56 Å². The van der Waals surface area contributed by atoms with Crippen LogP contribution in [0.25, 0.3) is 10.2 Å². The Balaban J connectivity index is 1.99. The fourth-order valence-corrected chi connectivity index (χ4v) is 2.89. The summed E-state index contributed by atoms with van der Waals surface area (Å²) in [6.45, 7) is 1.94. The van der Waals surface area contributed by atoms with Gasteiger partial charge in [0.25, 0.3) is 0 Å². The first-order valence-electron chi connectivity index (χ1n) is 5.72. The summed E-state index contributed by atoms with van der Waals surface area (Å²) in [5.41, 5.74) is 2.66. The molecule has 0 fully saturated rings. The minimum absolute atomic E-state index is 0.248. The Kier molecular flexibility index (Phi) is 3.12. The van der Waals surface area contributed by atoms with Crippen LogP contribution < -0.4 is 5.32 Å². The van der Waals surface area contributed by atoms with Crippen molar-refractivity contribution in [2.75, 3.05) is 5.32 Å². The zero-order valence-corrected chi connectivity index (χ0v) is 11.6. The minimum atomic E-state index is -0.248. The summed E-state index contributed by atoms with van der Waals surface area (Å²) < 4.78 is 14.0. The molecule has 0 saturated heterocycles. The molecule has 0 atom stereocenters. The number of fused-ring (bicyclic) bond motifs is 1. The van der Waals surface area contributed by atoms with Crippen LogP contribution in [0.4, 0.5) is 15.2 Å². The second kappa shape index (κ2) is 4.79. The van der Waals surface area contributed by atoms with E-state index >= 15 is 0 Å². The van der Waals surface area contributed by atoms with E-state index in [0.717, 1.165) is 26.6 Å². The summed E-state index contributed by atoms with van der Waals surface area (Å²) in [5.74, 6) is -0.248. The molecule has 1 aromatic heterocycles. The molecule has 0 amide bonds. The molecule has 0 aliphatic rings. The standard InChI is InChI=1S/C14H10ClFN2S/c1-8-10(15)3-2-4-11(8)17-14-18-12-6-5-9(16)7-13(12)19-14/h2-7H,1H3,(H,17,18). The summed E-state index contributed by atoms with van der Waals surface area (Å²) in [6.07, 6.45) is 0. The molecule has 5 heteroatoms. The first kappa shape index (κ1) is 12.4. The first-order chi connectivity index (χ1) is 9.13. The second-order valence-corrected chi connectivity index (χ2v) is 5.61. The molecule has 0 unspecified atom stereocenters. The summed E-state index contributed by atoms with van der Waals surface area (Å²) in [4.78, 5) is 4.42. The Morgan fingerprint density at radius 1 is 1.26 bits per heavy atom. The van der Waals surface area contributed by atoms with Crippen molar-refractivity contribution >= 4 is 44.0 Å². The van der Waals surface area contributed by atoms with Crippen LogP contribution in [0.3, 0.4) is 0 Å². The van der Waals surface area contributed by atoms with Crippen molar-refractivity contribution in [2.45, 2.75) is 6.92 Å². The molecule has 0 saturated carbocycles. The normalized spacial score (nSPS) is 10.9. The number of anilines is 2. The topological polar surface area (TPSA) is 24.9 Å². The third-order valence-electron chi connectivity index (χ3n) is 2.86. The molecule has 1 N–H and O–H groups in total. The highest BCUT2D eigenvalue weighted by Crippen LogP contribution is 2.31. The third-order valence-corrected chi connectivity index (χ3v) is 4.20. The van der Waals surface area contributed by atoms with E-state index in [0.29, 0.717) is 5.02 Å². The van der Waals surface area contributed by atoms with Crippen LogP contribution in [0.5, 0.6) is 0 Å². The van der Waals surface area contributed by atoms with E-state index in [9.17, 15) is 4.39 Å². The molecule has 3 aromatic rings. The van der Waals surface area contributed by atoms with Gasteiger partial charge < -0.3 is 5.32 Å². The van der Waals surface area contributed by atoms with Crippen molar-refractivity contribution in [2.24, 2.45) is 0 Å². The molecule has 0 aliphatic carbocycles. The highest BCUT2D eigenvalue weighted by atomic mass is 35.5. The number of hydrogen-bond acceptors (Lipinski definition) is 3. The van der Waals surface area contributed by atoms with Gasteiger partial charge in [-0.25, -0.2) is 9.37 Å². The molecule has 0 bridgehead atoms. The average Bonchev–Trinajstić information content (AvgIpc) is 2.76. The Morgan fingerprint density at radius 3 is 2.95 bits per heavy atom. The van der Waals surface area contributed by atoms with E-state index in [1.165, 1.54) is 23.5 Å². The number of nitrogens with zero attached hydrogens (tertiary/aromatic N) is 1. The zero-order chi connectivity index (χ0) is 13.4. The molecule has 3 rings (SSSR count). The summed E-state index contributed by atoms with van der Waals surface area (Å²) in [6, 6.07) is 10.2. The zero-order valence-electron chi connectivity index (χ0n) is 10.1. The second-order valence-electron chi connectivity index (χ2n) is 4.17. The molecule has 19 heavy (non-hydrogen) atoms. The Morgan fingerprint density at radius 2 is 2.11 bits per heavy atom. The number of thiazole rings is 1. The minimum Gasteiger partial charge on any atom is -0.331 e. The monoisotopic (exact) mass is 292 g/mol. The van der Waals surface area contributed by atoms with Gasteiger partial charge in [-0.1, -0.05) is 29.0 Å². The number of hydrogen-bond donors (Lipinski definition) is 1. The van der Waals surface area contributed by atoms with E-state index in [1.54, 1.807) is 6.07 Å². The van der Waals surface area contributed by atoms with Crippen LogP contribution >= 0.6 is 22.9 Å². The Bertz CT molecular complexity index is 754. The molecule has 0 spiro atoms. The van der Waals surface area contributed by atoms with Crippen LogP contribution in [0.2, 0.25) is 5.02 Å². The lowest BCUT2D eigenvalue weighted by molar-refractivity contribution is 0.630. The van der Waals surface area contributed by atoms with Crippen LogP contribution in [-0.4, -0.2) is 4.98 Å². The highest BCUT2D eigenvalue weighted by molar-refractivity contribution is 7.22. The molecule has 0 radical (unpaired) electrons. The van der Waals surface area contributed by atoms with Crippen molar-refractivity contribution in [1.29, 1.82) is 0 Å². The largest absolute Gasteiger partial charge is 0.331 e. The fraction of sp³-hybridized carbons (Fsp3) is 0.0714. The van der Waals surface area contributed by atoms with E-state index in [1.807, 2.05) is 25.1 Å². The maximum atomic E-state index is 13.1. The van der Waals surface area contributed by atoms with Gasteiger partial charge >= 0.3 is 0 Å². The molecule has 1 heterocycles. The van der Waals surface area contributed by atoms with Gasteiger partial charge in [-0.15, -0.1) is 0 Å². The van der Waals surface area contributed by atoms with Crippen molar-refractivity contribution in [1.82, 2.24) is 4.98 Å². The van der Waals surface area contributed by atoms with E-state index < -0.39 is 0 Å². The Labute approximate surface area is 118 Å². The van der Waals surface area contributed by atoms with Gasteiger partial charge in [-0.05, 0) is 42.8 Å². The van der Waals surface area contributed by atoms with Crippen LogP contribution in [0, 0.1) is 12.7 Å². The molecular formula is C14H10ClFN2S. The maximum absolute atomic E-state index is 13.1. The van der Waals surface area contributed by atoms with Gasteiger partial charge in [0.2, 0.25) is 0 Å². The third kappa shape index (κ3) is 2.41. The lowest BCUT2D eigenvalue weighted by Crippen LogP contribution is -1.92. The van der Waals surface area contributed by atoms with E-state index in [4.69, 9.17) is 11.6 Å². The van der Waals surface area contributed by atoms with Gasteiger partial charge in [0.15, 0.2) is 5.13 Å². The maximum Gasteiger partial charge on any atom is 0.188 e. The summed E-state index contributed by atoms with van der Waals surface area (Å²) in [5, 5.41) is 4.66. The van der Waals surface area contributed by atoms with Crippen molar-refractivity contribution < 1.29 is 4.39 Å². The predicted octanol–water partition coefficient (Wildman–Crippen LogP) is 5.14. The fourth-order valence-electron chi connectivity index (χ4n) is 1.81. The van der Waals surface area contributed by atoms with Gasteiger partial charge in [0.1, 0.15) is 5.82 Å². The van der Waals surface area contributed by atoms with E-state index in [2.05, 4.69) is 10.3 Å². The number of rotatable bonds is 2. The number of aromatic nitrogens is 1. The van der Waals surface area contributed by atoms with Crippen molar-refractivity contribution in [3.05, 3.63) is 52.8 Å². The first-order valence-corrected chi connectivity index (χ1v) is 6.91. The van der Waals surface area contributed by atoms with Gasteiger partial charge in [-0.3, -0.25) is 0 Å². The lowest BCUT2D eigenvalue weighted by Gasteiger charge is -2.07. The lowest BCUT2D eigenvalue weighted by atomic mass is 10.2. The van der Waals surface area contributed by atoms with Gasteiger partial charge in [-0.2, -0.15) is 0 Å². The number of halogens is 2. The van der Waals surface area contributed by atoms with Crippen molar-refractivity contribution in [3.63, 3.8) is 0 Å². The summed E-state index contributed by atoms with van der Waals surface area (Å²) >= 11 is 7.49. The van der Waals surface area contributed by atoms with Crippen molar-refractivity contribution in [3.8, 4) is 0 Å². The molecule has 2 nitrogen and oxygen atoms in total. The molecular weight excluding hydrogens is 283 g/mol. The average molecular weight is 293 g/mol. The smallest absolute Gasteiger partial charge is 0.188 e. The number of benzene rings is 2. The van der Waals surface area contributed by atoms with Gasteiger partial charge in [0.05, 0.1) is 10.2 Å². The molecule has 2 aromatic carbocycles.